The Morgan fingerprint density at radius 1 is 1.36 bits per heavy atom. The summed E-state index contributed by atoms with van der Waals surface area (Å²) >= 11 is 0. The van der Waals surface area contributed by atoms with Gasteiger partial charge in [-0.15, -0.1) is 0 Å². The predicted molar refractivity (Wildman–Crippen MR) is 95.9 cm³/mol. The first-order valence-corrected chi connectivity index (χ1v) is 8.73. The van der Waals surface area contributed by atoms with Gasteiger partial charge in [0.05, 0.1) is 6.54 Å². The number of nitrogens with zero attached hydrogens (tertiary/aromatic N) is 2. The third-order valence-corrected chi connectivity index (χ3v) is 4.66. The molecule has 0 bridgehead atoms. The summed E-state index contributed by atoms with van der Waals surface area (Å²) in [7, 11) is 0. The molecule has 1 aliphatic heterocycles. The molecule has 25 heavy (non-hydrogen) atoms. The minimum Gasteiger partial charge on any atom is -0.370 e. The number of nitrogens with one attached hydrogen (secondary N) is 1. The van der Waals surface area contributed by atoms with Crippen LogP contribution in [0.4, 0.5) is 18.9 Å². The summed E-state index contributed by atoms with van der Waals surface area (Å²) in [6, 6.07) is 8.06. The molecule has 1 saturated heterocycles. The summed E-state index contributed by atoms with van der Waals surface area (Å²) < 4.78 is 37.2. The van der Waals surface area contributed by atoms with Crippen LogP contribution in [0, 0.1) is 5.92 Å². The molecule has 1 aliphatic rings. The smallest absolute Gasteiger partial charge is 0.370 e. The van der Waals surface area contributed by atoms with Crippen LogP contribution in [-0.2, 0) is 0 Å². The highest BCUT2D eigenvalue weighted by atomic mass is 19.4. The summed E-state index contributed by atoms with van der Waals surface area (Å²) in [4.78, 5) is 5.71. The van der Waals surface area contributed by atoms with Crippen molar-refractivity contribution in [3.63, 3.8) is 0 Å². The van der Waals surface area contributed by atoms with Gasteiger partial charge >= 0.3 is 6.18 Å². The summed E-state index contributed by atoms with van der Waals surface area (Å²) in [6.07, 6.45) is -2.33. The van der Waals surface area contributed by atoms with E-state index in [0.29, 0.717) is 31.5 Å². The van der Waals surface area contributed by atoms with Gasteiger partial charge in [0.15, 0.2) is 5.96 Å². The molecule has 0 aromatic heterocycles. The number of halogens is 3. The van der Waals surface area contributed by atoms with Gasteiger partial charge in [0.25, 0.3) is 0 Å². The zero-order valence-corrected chi connectivity index (χ0v) is 14.8. The van der Waals surface area contributed by atoms with Crippen molar-refractivity contribution in [1.29, 1.82) is 0 Å². The van der Waals surface area contributed by atoms with E-state index in [-0.39, 0.29) is 5.92 Å². The first-order valence-electron chi connectivity index (χ1n) is 8.73. The zero-order valence-electron chi connectivity index (χ0n) is 14.8. The molecule has 1 aromatic rings. The van der Waals surface area contributed by atoms with E-state index in [2.05, 4.69) is 36.3 Å². The highest BCUT2D eigenvalue weighted by Gasteiger charge is 2.34. The largest absolute Gasteiger partial charge is 0.401 e. The average molecular weight is 356 g/mol. The predicted octanol–water partition coefficient (Wildman–Crippen LogP) is 3.81. The standard InChI is InChI=1S/C18H27F3N4/c1-3-13(2)15-4-6-16(7-5-15)24-17(22)23-10-14-8-9-25(11-14)12-18(19,20)21/h4-7,13-14H,3,8-12H2,1-2H3,(H3,22,23,24). The number of hydrogen-bond acceptors (Lipinski definition) is 2. The van der Waals surface area contributed by atoms with Crippen molar-refractivity contribution in [2.24, 2.45) is 16.6 Å². The SMILES string of the molecule is CCC(C)c1ccc(NC(N)=NCC2CCN(CC(F)(F)F)C2)cc1. The Bertz CT molecular complexity index is 569. The van der Waals surface area contributed by atoms with Gasteiger partial charge in [-0.3, -0.25) is 9.89 Å². The van der Waals surface area contributed by atoms with Crippen molar-refractivity contribution in [2.45, 2.75) is 38.8 Å². The number of aliphatic imine (C=N–C) groups is 1. The fraction of sp³-hybridized carbons (Fsp3) is 0.611. The van der Waals surface area contributed by atoms with Crippen molar-refractivity contribution in [3.05, 3.63) is 29.8 Å². The molecular weight excluding hydrogens is 329 g/mol. The van der Waals surface area contributed by atoms with Gasteiger partial charge in [-0.2, -0.15) is 13.2 Å². The quantitative estimate of drug-likeness (QED) is 0.602. The van der Waals surface area contributed by atoms with Crippen LogP contribution in [0.1, 0.15) is 38.2 Å². The Hall–Kier alpha value is -1.76. The van der Waals surface area contributed by atoms with Gasteiger partial charge < -0.3 is 11.1 Å². The Morgan fingerprint density at radius 3 is 2.64 bits per heavy atom. The highest BCUT2D eigenvalue weighted by molar-refractivity contribution is 5.92. The normalized spacial score (nSPS) is 20.7. The Kier molecular flexibility index (Phi) is 6.70. The molecule has 1 fully saturated rings. The molecular formula is C18H27F3N4. The molecule has 140 valence electrons. The lowest BCUT2D eigenvalue weighted by atomic mass is 9.99. The lowest BCUT2D eigenvalue weighted by molar-refractivity contribution is -0.143. The highest BCUT2D eigenvalue weighted by Crippen LogP contribution is 2.23. The molecule has 0 amide bonds. The molecule has 7 heteroatoms. The van der Waals surface area contributed by atoms with Crippen LogP contribution in [0.2, 0.25) is 0 Å². The molecule has 0 aliphatic carbocycles. The Morgan fingerprint density at radius 2 is 2.04 bits per heavy atom. The fourth-order valence-electron chi connectivity index (χ4n) is 3.00. The second-order valence-corrected chi connectivity index (χ2v) is 6.79. The monoisotopic (exact) mass is 356 g/mol. The number of hydrogen-bond donors (Lipinski definition) is 2. The van der Waals surface area contributed by atoms with Gasteiger partial charge in [-0.25, -0.2) is 0 Å². The van der Waals surface area contributed by atoms with Crippen LogP contribution in [0.25, 0.3) is 0 Å². The van der Waals surface area contributed by atoms with E-state index in [9.17, 15) is 13.2 Å². The molecule has 0 spiro atoms. The van der Waals surface area contributed by atoms with Gasteiger partial charge in [0.1, 0.15) is 0 Å². The van der Waals surface area contributed by atoms with Crippen molar-refractivity contribution < 1.29 is 13.2 Å². The van der Waals surface area contributed by atoms with Crippen LogP contribution in [-0.4, -0.2) is 43.2 Å². The third-order valence-electron chi connectivity index (χ3n) is 4.66. The van der Waals surface area contributed by atoms with Gasteiger partial charge in [-0.05, 0) is 48.9 Å². The maximum absolute atomic E-state index is 12.4. The second kappa shape index (κ2) is 8.56. The van der Waals surface area contributed by atoms with E-state index >= 15 is 0 Å². The zero-order chi connectivity index (χ0) is 18.4. The molecule has 2 unspecified atom stereocenters. The second-order valence-electron chi connectivity index (χ2n) is 6.79. The number of alkyl halides is 3. The van der Waals surface area contributed by atoms with Crippen molar-refractivity contribution in [2.75, 3.05) is 31.5 Å². The molecule has 1 aromatic carbocycles. The fourth-order valence-corrected chi connectivity index (χ4v) is 3.00. The van der Waals surface area contributed by atoms with Gasteiger partial charge in [-0.1, -0.05) is 26.0 Å². The van der Waals surface area contributed by atoms with E-state index in [1.807, 2.05) is 12.1 Å². The summed E-state index contributed by atoms with van der Waals surface area (Å²) in [5, 5.41) is 3.03. The number of guanidine groups is 1. The molecule has 4 nitrogen and oxygen atoms in total. The summed E-state index contributed by atoms with van der Waals surface area (Å²) in [5.41, 5.74) is 8.03. The van der Waals surface area contributed by atoms with Crippen molar-refractivity contribution in [3.8, 4) is 0 Å². The lowest BCUT2D eigenvalue weighted by Gasteiger charge is -2.17. The molecule has 0 saturated carbocycles. The molecule has 3 N–H and O–H groups in total. The minimum absolute atomic E-state index is 0.121. The van der Waals surface area contributed by atoms with Crippen molar-refractivity contribution in [1.82, 2.24) is 4.90 Å². The number of nitrogens with two attached hydrogens (primary N) is 1. The lowest BCUT2D eigenvalue weighted by Crippen LogP contribution is -2.32. The first-order chi connectivity index (χ1) is 11.8. The number of rotatable bonds is 6. The van der Waals surface area contributed by atoms with Crippen LogP contribution in [0.15, 0.2) is 29.3 Å². The van der Waals surface area contributed by atoms with Crippen LogP contribution in [0.3, 0.4) is 0 Å². The Balaban J connectivity index is 1.80. The number of likely N-dealkylation sites (tertiary alicyclic amines) is 1. The summed E-state index contributed by atoms with van der Waals surface area (Å²) in [5.74, 6) is 0.933. The summed E-state index contributed by atoms with van der Waals surface area (Å²) in [6.45, 7) is 4.81. The van der Waals surface area contributed by atoms with Crippen LogP contribution in [0.5, 0.6) is 0 Å². The maximum Gasteiger partial charge on any atom is 0.401 e. The average Bonchev–Trinajstić information content (AvgIpc) is 2.98. The third kappa shape index (κ3) is 6.57. The van der Waals surface area contributed by atoms with E-state index < -0.39 is 12.7 Å². The van der Waals surface area contributed by atoms with E-state index in [4.69, 9.17) is 5.73 Å². The molecule has 0 radical (unpaired) electrons. The minimum atomic E-state index is -4.14. The maximum atomic E-state index is 12.4. The Labute approximate surface area is 147 Å². The topological polar surface area (TPSA) is 53.6 Å². The molecule has 2 atom stereocenters. The molecule has 2 rings (SSSR count). The van der Waals surface area contributed by atoms with E-state index in [1.54, 1.807) is 0 Å². The van der Waals surface area contributed by atoms with Crippen molar-refractivity contribution >= 4 is 11.6 Å². The van der Waals surface area contributed by atoms with Crippen LogP contribution >= 0.6 is 0 Å². The van der Waals surface area contributed by atoms with Gasteiger partial charge in [0.2, 0.25) is 0 Å². The van der Waals surface area contributed by atoms with Gasteiger partial charge in [0, 0.05) is 18.8 Å². The van der Waals surface area contributed by atoms with E-state index in [0.717, 1.165) is 18.5 Å². The van der Waals surface area contributed by atoms with Crippen LogP contribution < -0.4 is 11.1 Å². The number of benzene rings is 1. The first kappa shape index (κ1) is 19.6. The molecule has 1 heterocycles. The number of anilines is 1. The van der Waals surface area contributed by atoms with E-state index in [1.165, 1.54) is 10.5 Å².